The average molecular weight is 591 g/mol. The van der Waals surface area contributed by atoms with Crippen molar-refractivity contribution < 1.29 is 41.4 Å². The van der Waals surface area contributed by atoms with Crippen LogP contribution < -0.4 is 0 Å². The Morgan fingerprint density at radius 2 is 1.67 bits per heavy atom. The number of halogens is 4. The molecule has 1 aromatic carbocycles. The number of hydrogen-bond donors (Lipinski definition) is 0. The van der Waals surface area contributed by atoms with E-state index >= 15 is 13.2 Å². The summed E-state index contributed by atoms with van der Waals surface area (Å²) in [6.45, 7) is 15.6. The standard InChI is InChI=1S/C29H30F4N4O5/c1-26(2,3)41-24(38)37(25(39)42-27(4,5)6)23-36-28(7,29(32,33)16-40-23)19-13-17(9-11-20(19)30)14-21(31)22-12-10-18(34-8)15-35-22/h9-15H,16H2,1-7H3/b21-14-/t28-/m1/s1. The molecule has 1 aliphatic rings. The molecule has 0 saturated carbocycles. The summed E-state index contributed by atoms with van der Waals surface area (Å²) in [6.07, 6.45) is -0.535. The van der Waals surface area contributed by atoms with Crippen molar-refractivity contribution in [2.45, 2.75) is 71.1 Å². The van der Waals surface area contributed by atoms with Crippen molar-refractivity contribution in [1.29, 1.82) is 0 Å². The number of amides is 2. The van der Waals surface area contributed by atoms with Gasteiger partial charge in [0.15, 0.2) is 12.1 Å². The fourth-order valence-electron chi connectivity index (χ4n) is 3.64. The molecule has 0 saturated heterocycles. The summed E-state index contributed by atoms with van der Waals surface area (Å²) in [5, 5.41) is 0. The maximum atomic E-state index is 15.5. The quantitative estimate of drug-likeness (QED) is 0.269. The van der Waals surface area contributed by atoms with Crippen molar-refractivity contribution in [1.82, 2.24) is 9.88 Å². The van der Waals surface area contributed by atoms with Crippen molar-refractivity contribution in [2.24, 2.45) is 4.99 Å². The van der Waals surface area contributed by atoms with E-state index in [4.69, 9.17) is 20.8 Å². The molecule has 0 fully saturated rings. The zero-order valence-electron chi connectivity index (χ0n) is 24.1. The molecule has 2 heterocycles. The van der Waals surface area contributed by atoms with Crippen LogP contribution in [-0.2, 0) is 19.7 Å². The van der Waals surface area contributed by atoms with E-state index in [0.29, 0.717) is 0 Å². The molecule has 0 aliphatic carbocycles. The molecule has 0 spiro atoms. The van der Waals surface area contributed by atoms with Crippen LogP contribution in [0.4, 0.5) is 32.8 Å². The van der Waals surface area contributed by atoms with E-state index < -0.39 is 64.7 Å². The second-order valence-electron chi connectivity index (χ2n) is 11.5. The van der Waals surface area contributed by atoms with Gasteiger partial charge >= 0.3 is 24.1 Å². The topological polar surface area (TPSA) is 94.7 Å². The van der Waals surface area contributed by atoms with E-state index in [1.807, 2.05) is 0 Å². The van der Waals surface area contributed by atoms with Crippen molar-refractivity contribution in [3.63, 3.8) is 0 Å². The summed E-state index contributed by atoms with van der Waals surface area (Å²) in [7, 11) is 0. The Morgan fingerprint density at radius 1 is 1.07 bits per heavy atom. The molecule has 0 unspecified atom stereocenters. The van der Waals surface area contributed by atoms with Crippen LogP contribution in [0.15, 0.2) is 41.5 Å². The minimum atomic E-state index is -3.86. The number of carbonyl (C=O) groups excluding carboxylic acids is 2. The molecule has 42 heavy (non-hydrogen) atoms. The zero-order valence-corrected chi connectivity index (χ0v) is 24.1. The molecule has 1 atom stereocenters. The Bertz CT molecular complexity index is 1440. The number of rotatable bonds is 3. The van der Waals surface area contributed by atoms with Gasteiger partial charge in [-0.2, -0.15) is 8.78 Å². The highest BCUT2D eigenvalue weighted by molar-refractivity contribution is 6.06. The lowest BCUT2D eigenvalue weighted by Crippen LogP contribution is -2.56. The Kier molecular flexibility index (Phi) is 8.72. The first-order valence-corrected chi connectivity index (χ1v) is 12.6. The smallest absolute Gasteiger partial charge is 0.428 e. The van der Waals surface area contributed by atoms with Crippen molar-refractivity contribution in [3.8, 4) is 0 Å². The number of aliphatic imine (C=N–C) groups is 1. The lowest BCUT2D eigenvalue weighted by Gasteiger charge is -2.40. The number of pyridine rings is 1. The summed E-state index contributed by atoms with van der Waals surface area (Å²) in [4.78, 5) is 37.2. The molecule has 0 bridgehead atoms. The number of aromatic nitrogens is 1. The fraction of sp³-hybridized carbons (Fsp3) is 0.414. The van der Waals surface area contributed by atoms with E-state index in [-0.39, 0.29) is 21.8 Å². The highest BCUT2D eigenvalue weighted by Gasteiger charge is 2.58. The molecule has 0 N–H and O–H groups in total. The Labute approximate surface area is 240 Å². The number of ether oxygens (including phenoxy) is 3. The van der Waals surface area contributed by atoms with Gasteiger partial charge in [-0.1, -0.05) is 12.1 Å². The van der Waals surface area contributed by atoms with Crippen molar-refractivity contribution in [2.75, 3.05) is 6.61 Å². The lowest BCUT2D eigenvalue weighted by molar-refractivity contribution is -0.121. The van der Waals surface area contributed by atoms with Crippen LogP contribution in [-0.4, -0.2) is 51.8 Å². The molecule has 1 aliphatic heterocycles. The number of carbonyl (C=O) groups is 2. The molecule has 1 aromatic heterocycles. The summed E-state index contributed by atoms with van der Waals surface area (Å²) >= 11 is 0. The first kappa shape index (κ1) is 32.0. The number of hydrogen-bond acceptors (Lipinski definition) is 7. The molecule has 224 valence electrons. The Morgan fingerprint density at radius 3 is 2.17 bits per heavy atom. The first-order chi connectivity index (χ1) is 19.3. The van der Waals surface area contributed by atoms with E-state index in [2.05, 4.69) is 14.8 Å². The van der Waals surface area contributed by atoms with Gasteiger partial charge in [0.2, 0.25) is 5.69 Å². The van der Waals surface area contributed by atoms with Crippen molar-refractivity contribution >= 4 is 35.8 Å². The summed E-state index contributed by atoms with van der Waals surface area (Å²) in [6, 6.07) is 4.69. The second-order valence-corrected chi connectivity index (χ2v) is 11.5. The predicted molar refractivity (Wildman–Crippen MR) is 146 cm³/mol. The van der Waals surface area contributed by atoms with E-state index in [1.165, 1.54) is 53.7 Å². The lowest BCUT2D eigenvalue weighted by atomic mass is 9.84. The van der Waals surface area contributed by atoms with Gasteiger partial charge in [0, 0.05) is 11.8 Å². The van der Waals surface area contributed by atoms with Crippen LogP contribution in [0.1, 0.15) is 65.3 Å². The fourth-order valence-corrected chi connectivity index (χ4v) is 3.64. The van der Waals surface area contributed by atoms with Gasteiger partial charge in [-0.05, 0) is 78.3 Å². The molecule has 3 rings (SSSR count). The molecule has 9 nitrogen and oxygen atoms in total. The molecule has 2 aromatic rings. The number of imide groups is 1. The van der Waals surface area contributed by atoms with Crippen LogP contribution in [0.3, 0.4) is 0 Å². The van der Waals surface area contributed by atoms with Crippen LogP contribution in [0.25, 0.3) is 16.7 Å². The minimum Gasteiger partial charge on any atom is -0.458 e. The third kappa shape index (κ3) is 7.23. The van der Waals surface area contributed by atoms with Gasteiger partial charge in [0.05, 0.1) is 12.3 Å². The van der Waals surface area contributed by atoms with Gasteiger partial charge < -0.3 is 14.2 Å². The third-order valence-corrected chi connectivity index (χ3v) is 5.69. The normalized spacial score (nSPS) is 18.7. The molecular weight excluding hydrogens is 560 g/mol. The van der Waals surface area contributed by atoms with Gasteiger partial charge in [-0.15, -0.1) is 4.90 Å². The van der Waals surface area contributed by atoms with Gasteiger partial charge in [-0.3, -0.25) is 4.98 Å². The predicted octanol–water partition coefficient (Wildman–Crippen LogP) is 7.65. The Balaban J connectivity index is 2.13. The van der Waals surface area contributed by atoms with Gasteiger partial charge in [-0.25, -0.2) is 28.2 Å². The second kappa shape index (κ2) is 11.4. The highest BCUT2D eigenvalue weighted by Crippen LogP contribution is 2.45. The van der Waals surface area contributed by atoms with E-state index in [9.17, 15) is 14.0 Å². The number of amidine groups is 1. The van der Waals surface area contributed by atoms with E-state index in [0.717, 1.165) is 37.4 Å². The highest BCUT2D eigenvalue weighted by atomic mass is 19.3. The zero-order chi connectivity index (χ0) is 31.7. The molecule has 13 heteroatoms. The third-order valence-electron chi connectivity index (χ3n) is 5.69. The van der Waals surface area contributed by atoms with Gasteiger partial charge in [0.25, 0.3) is 0 Å². The maximum absolute atomic E-state index is 15.5. The van der Waals surface area contributed by atoms with Gasteiger partial charge in [0.1, 0.15) is 22.8 Å². The van der Waals surface area contributed by atoms with Crippen LogP contribution in [0, 0.1) is 12.4 Å². The SMILES string of the molecule is [C-]#[N+]c1ccc(/C(F)=C/c2ccc(F)c([C@@]3(C)N=C(N(C(=O)OC(C)(C)C)C(=O)OC(C)(C)C)OCC3(F)F)c2)nc1. The minimum absolute atomic E-state index is 0.0173. The summed E-state index contributed by atoms with van der Waals surface area (Å²) in [5.41, 5.74) is -5.59. The summed E-state index contributed by atoms with van der Waals surface area (Å²) in [5.74, 6) is -5.85. The molecule has 0 radical (unpaired) electrons. The van der Waals surface area contributed by atoms with E-state index in [1.54, 1.807) is 0 Å². The maximum Gasteiger partial charge on any atom is 0.428 e. The molecule has 2 amide bonds. The monoisotopic (exact) mass is 590 g/mol. The number of benzene rings is 1. The van der Waals surface area contributed by atoms with Crippen LogP contribution >= 0.6 is 0 Å². The largest absolute Gasteiger partial charge is 0.458 e. The van der Waals surface area contributed by atoms with Crippen LogP contribution in [0.2, 0.25) is 0 Å². The average Bonchev–Trinajstić information content (AvgIpc) is 2.85. The summed E-state index contributed by atoms with van der Waals surface area (Å²) < 4.78 is 76.6. The number of nitrogens with zero attached hydrogens (tertiary/aromatic N) is 4. The van der Waals surface area contributed by atoms with Crippen LogP contribution in [0.5, 0.6) is 0 Å². The Hall–Kier alpha value is -4.47. The number of alkyl halides is 2. The van der Waals surface area contributed by atoms with Crippen molar-refractivity contribution in [3.05, 3.63) is 70.6 Å². The first-order valence-electron chi connectivity index (χ1n) is 12.6. The molecular formula is C29H30F4N4O5.